The van der Waals surface area contributed by atoms with Crippen LogP contribution >= 0.6 is 0 Å². The number of rotatable bonds is 5. The van der Waals surface area contributed by atoms with Crippen molar-refractivity contribution in [1.29, 1.82) is 0 Å². The van der Waals surface area contributed by atoms with Crippen molar-refractivity contribution >= 4 is 18.3 Å². The summed E-state index contributed by atoms with van der Waals surface area (Å²) in [6.45, 7) is 7.23. The van der Waals surface area contributed by atoms with Gasteiger partial charge < -0.3 is 15.1 Å². The molecule has 0 unspecified atom stereocenters. The van der Waals surface area contributed by atoms with Crippen molar-refractivity contribution in [2.75, 3.05) is 38.0 Å². The average Bonchev–Trinajstić information content (AvgIpc) is 2.53. The second-order valence-electron chi connectivity index (χ2n) is 5.50. The third kappa shape index (κ3) is 4.14. The van der Waals surface area contributed by atoms with Gasteiger partial charge in [0, 0.05) is 45.1 Å². The van der Waals surface area contributed by atoms with Gasteiger partial charge in [0.15, 0.2) is 0 Å². The van der Waals surface area contributed by atoms with Gasteiger partial charge in [-0.05, 0) is 5.92 Å². The van der Waals surface area contributed by atoms with Crippen molar-refractivity contribution in [3.05, 3.63) is 18.0 Å². The van der Waals surface area contributed by atoms with Gasteiger partial charge in [-0.1, -0.05) is 13.8 Å². The van der Waals surface area contributed by atoms with Crippen molar-refractivity contribution < 1.29 is 9.59 Å². The molecule has 0 aromatic carbocycles. The Labute approximate surface area is 124 Å². The zero-order valence-corrected chi connectivity index (χ0v) is 12.5. The van der Waals surface area contributed by atoms with E-state index in [0.29, 0.717) is 43.6 Å². The molecule has 2 heterocycles. The molecule has 0 radical (unpaired) electrons. The number of hydrogen-bond acceptors (Lipinski definition) is 5. The molecule has 1 fully saturated rings. The number of piperazine rings is 1. The zero-order chi connectivity index (χ0) is 15.2. The van der Waals surface area contributed by atoms with E-state index < -0.39 is 0 Å². The second-order valence-corrected chi connectivity index (χ2v) is 5.50. The summed E-state index contributed by atoms with van der Waals surface area (Å²) in [6, 6.07) is 0. The van der Waals surface area contributed by atoms with E-state index in [9.17, 15) is 9.59 Å². The number of carbonyl (C=O) groups is 2. The van der Waals surface area contributed by atoms with Gasteiger partial charge >= 0.3 is 0 Å². The predicted octanol–water partition coefficient (Wildman–Crippen LogP) is 0.459. The van der Waals surface area contributed by atoms with Crippen LogP contribution in [0.25, 0.3) is 0 Å². The smallest absolute Gasteiger partial charge is 0.257 e. The van der Waals surface area contributed by atoms with E-state index in [4.69, 9.17) is 0 Å². The van der Waals surface area contributed by atoms with Gasteiger partial charge in [-0.25, -0.2) is 9.97 Å². The summed E-state index contributed by atoms with van der Waals surface area (Å²) >= 11 is 0. The molecule has 1 aliphatic rings. The molecular weight excluding hydrogens is 270 g/mol. The first-order chi connectivity index (χ1) is 10.1. The lowest BCUT2D eigenvalue weighted by Gasteiger charge is -2.32. The highest BCUT2D eigenvalue weighted by Gasteiger charge is 2.21. The molecule has 21 heavy (non-hydrogen) atoms. The summed E-state index contributed by atoms with van der Waals surface area (Å²) in [5.74, 6) is 0.950. The molecule has 0 bridgehead atoms. The normalized spacial score (nSPS) is 15.2. The lowest BCUT2D eigenvalue weighted by atomic mass is 10.2. The van der Waals surface area contributed by atoms with Gasteiger partial charge in [-0.2, -0.15) is 0 Å². The molecule has 2 rings (SSSR count). The first-order valence-corrected chi connectivity index (χ1v) is 7.14. The van der Waals surface area contributed by atoms with Gasteiger partial charge in [0.1, 0.15) is 0 Å². The van der Waals surface area contributed by atoms with Gasteiger partial charge in [0.2, 0.25) is 12.4 Å². The molecular formula is C14H21N5O2. The van der Waals surface area contributed by atoms with Gasteiger partial charge in [0.05, 0.1) is 5.56 Å². The van der Waals surface area contributed by atoms with Gasteiger partial charge in [0.25, 0.3) is 5.91 Å². The molecule has 2 amide bonds. The third-order valence-electron chi connectivity index (χ3n) is 3.32. The van der Waals surface area contributed by atoms with Crippen LogP contribution in [-0.4, -0.2) is 64.8 Å². The Kier molecular flexibility index (Phi) is 5.08. The highest BCUT2D eigenvalue weighted by atomic mass is 16.2. The minimum absolute atomic E-state index is 0.0871. The van der Waals surface area contributed by atoms with E-state index in [-0.39, 0.29) is 5.91 Å². The highest BCUT2D eigenvalue weighted by Crippen LogP contribution is 2.08. The van der Waals surface area contributed by atoms with Gasteiger partial charge in [-0.15, -0.1) is 0 Å². The van der Waals surface area contributed by atoms with Crippen LogP contribution in [0.15, 0.2) is 12.4 Å². The fourth-order valence-corrected chi connectivity index (χ4v) is 2.04. The number of nitrogens with zero attached hydrogens (tertiary/aromatic N) is 4. The molecule has 114 valence electrons. The SMILES string of the molecule is CC(C)CNc1ncc(C(=O)N2CCN(C=O)CC2)cn1. The molecule has 1 aromatic heterocycles. The van der Waals surface area contributed by atoms with Crippen molar-refractivity contribution in [1.82, 2.24) is 19.8 Å². The quantitative estimate of drug-likeness (QED) is 0.797. The number of hydrogen-bond donors (Lipinski definition) is 1. The minimum Gasteiger partial charge on any atom is -0.354 e. The van der Waals surface area contributed by atoms with Crippen LogP contribution < -0.4 is 5.32 Å². The monoisotopic (exact) mass is 291 g/mol. The molecule has 7 nitrogen and oxygen atoms in total. The number of aromatic nitrogens is 2. The third-order valence-corrected chi connectivity index (χ3v) is 3.32. The summed E-state index contributed by atoms with van der Waals surface area (Å²) in [7, 11) is 0. The molecule has 1 aromatic rings. The van der Waals surface area contributed by atoms with Crippen LogP contribution in [0.2, 0.25) is 0 Å². The standard InChI is InChI=1S/C14H21N5O2/c1-11(2)7-15-14-16-8-12(9-17-14)13(21)19-5-3-18(10-20)4-6-19/h8-11H,3-7H2,1-2H3,(H,15,16,17). The van der Waals surface area contributed by atoms with E-state index >= 15 is 0 Å². The summed E-state index contributed by atoms with van der Waals surface area (Å²) in [5, 5.41) is 3.11. The molecule has 0 atom stereocenters. The van der Waals surface area contributed by atoms with Crippen LogP contribution in [0, 0.1) is 5.92 Å². The highest BCUT2D eigenvalue weighted by molar-refractivity contribution is 5.93. The summed E-state index contributed by atoms with van der Waals surface area (Å²) in [4.78, 5) is 34.7. The molecule has 0 saturated carbocycles. The summed E-state index contributed by atoms with van der Waals surface area (Å²) in [5.41, 5.74) is 0.477. The largest absolute Gasteiger partial charge is 0.354 e. The van der Waals surface area contributed by atoms with Crippen molar-refractivity contribution in [3.63, 3.8) is 0 Å². The van der Waals surface area contributed by atoms with Crippen LogP contribution in [0.5, 0.6) is 0 Å². The number of nitrogens with one attached hydrogen (secondary N) is 1. The summed E-state index contributed by atoms with van der Waals surface area (Å²) < 4.78 is 0. The first-order valence-electron chi connectivity index (χ1n) is 7.14. The van der Waals surface area contributed by atoms with E-state index in [1.54, 1.807) is 22.2 Å². The topological polar surface area (TPSA) is 78.4 Å². The fourth-order valence-electron chi connectivity index (χ4n) is 2.04. The number of carbonyl (C=O) groups excluding carboxylic acids is 2. The maximum Gasteiger partial charge on any atom is 0.257 e. The Morgan fingerprint density at radius 2 is 1.90 bits per heavy atom. The zero-order valence-electron chi connectivity index (χ0n) is 12.5. The lowest BCUT2D eigenvalue weighted by Crippen LogP contribution is -2.48. The van der Waals surface area contributed by atoms with E-state index in [2.05, 4.69) is 29.1 Å². The van der Waals surface area contributed by atoms with E-state index in [0.717, 1.165) is 13.0 Å². The first kappa shape index (κ1) is 15.2. The minimum atomic E-state index is -0.0871. The maximum atomic E-state index is 12.3. The van der Waals surface area contributed by atoms with Crippen LogP contribution in [0.4, 0.5) is 5.95 Å². The Morgan fingerprint density at radius 3 is 2.43 bits per heavy atom. The molecule has 1 aliphatic heterocycles. The molecule has 0 aliphatic carbocycles. The Morgan fingerprint density at radius 1 is 1.29 bits per heavy atom. The van der Waals surface area contributed by atoms with Crippen molar-refractivity contribution in [2.45, 2.75) is 13.8 Å². The predicted molar refractivity (Wildman–Crippen MR) is 78.9 cm³/mol. The average molecular weight is 291 g/mol. The Bertz CT molecular complexity index is 481. The van der Waals surface area contributed by atoms with Crippen LogP contribution in [0.1, 0.15) is 24.2 Å². The number of amides is 2. The van der Waals surface area contributed by atoms with Crippen LogP contribution in [0.3, 0.4) is 0 Å². The Hall–Kier alpha value is -2.18. The van der Waals surface area contributed by atoms with E-state index in [1.165, 1.54) is 0 Å². The van der Waals surface area contributed by atoms with Crippen LogP contribution in [-0.2, 0) is 4.79 Å². The maximum absolute atomic E-state index is 12.3. The molecule has 7 heteroatoms. The van der Waals surface area contributed by atoms with Crippen molar-refractivity contribution in [3.8, 4) is 0 Å². The Balaban J connectivity index is 1.92. The second kappa shape index (κ2) is 7.01. The molecule has 1 saturated heterocycles. The van der Waals surface area contributed by atoms with Crippen molar-refractivity contribution in [2.24, 2.45) is 5.92 Å². The molecule has 0 spiro atoms. The van der Waals surface area contributed by atoms with E-state index in [1.807, 2.05) is 0 Å². The fraction of sp³-hybridized carbons (Fsp3) is 0.571. The van der Waals surface area contributed by atoms with Gasteiger partial charge in [-0.3, -0.25) is 9.59 Å². The lowest BCUT2D eigenvalue weighted by molar-refractivity contribution is -0.119. The number of anilines is 1. The summed E-state index contributed by atoms with van der Waals surface area (Å²) in [6.07, 6.45) is 3.91. The molecule has 1 N–H and O–H groups in total.